The second-order valence-electron chi connectivity index (χ2n) is 6.43. The normalized spacial score (nSPS) is 17.3. The molecule has 3 nitrogen and oxygen atoms in total. The standard InChI is InChI=1S/C20H21ClN2O/c1-13(2)23-12-14(3)22-20(23)18-7-5-4-6-17(18)19(24)15-8-10-16(21)11-9-15/h4-11,13-14H,12H2,1-3H3. The van der Waals surface area contributed by atoms with Crippen molar-refractivity contribution in [2.75, 3.05) is 6.54 Å². The average molecular weight is 341 g/mol. The number of hydrogen-bond donors (Lipinski definition) is 0. The summed E-state index contributed by atoms with van der Waals surface area (Å²) in [6, 6.07) is 15.3. The fraction of sp³-hybridized carbons (Fsp3) is 0.300. The molecule has 0 saturated carbocycles. The molecule has 0 aliphatic carbocycles. The third kappa shape index (κ3) is 3.22. The van der Waals surface area contributed by atoms with E-state index in [1.165, 1.54) is 0 Å². The van der Waals surface area contributed by atoms with Gasteiger partial charge in [0.1, 0.15) is 5.84 Å². The van der Waals surface area contributed by atoms with Gasteiger partial charge in [-0.15, -0.1) is 0 Å². The van der Waals surface area contributed by atoms with E-state index in [9.17, 15) is 4.79 Å². The van der Waals surface area contributed by atoms with E-state index in [2.05, 4.69) is 25.7 Å². The van der Waals surface area contributed by atoms with Gasteiger partial charge in [0.25, 0.3) is 0 Å². The first-order valence-corrected chi connectivity index (χ1v) is 8.59. The van der Waals surface area contributed by atoms with Crippen molar-refractivity contribution >= 4 is 23.2 Å². The van der Waals surface area contributed by atoms with Gasteiger partial charge in [0.15, 0.2) is 5.78 Å². The molecular formula is C20H21ClN2O. The van der Waals surface area contributed by atoms with Crippen molar-refractivity contribution in [2.24, 2.45) is 4.99 Å². The molecule has 1 aliphatic heterocycles. The number of aliphatic imine (C=N–C) groups is 1. The predicted molar refractivity (Wildman–Crippen MR) is 99.2 cm³/mol. The minimum atomic E-state index is -0.00627. The Hall–Kier alpha value is -2.13. The summed E-state index contributed by atoms with van der Waals surface area (Å²) in [4.78, 5) is 20.0. The molecule has 0 aromatic heterocycles. The number of rotatable bonds is 4. The Kier molecular flexibility index (Phi) is 4.72. The highest BCUT2D eigenvalue weighted by Crippen LogP contribution is 2.23. The van der Waals surface area contributed by atoms with Crippen LogP contribution in [0.2, 0.25) is 5.02 Å². The van der Waals surface area contributed by atoms with E-state index in [1.54, 1.807) is 24.3 Å². The van der Waals surface area contributed by atoms with Gasteiger partial charge in [0.05, 0.1) is 6.04 Å². The lowest BCUT2D eigenvalue weighted by molar-refractivity contribution is 0.103. The zero-order chi connectivity index (χ0) is 17.3. The third-order valence-corrected chi connectivity index (χ3v) is 4.47. The number of carbonyl (C=O) groups excluding carboxylic acids is 1. The van der Waals surface area contributed by atoms with Crippen LogP contribution in [0.3, 0.4) is 0 Å². The molecule has 1 unspecified atom stereocenters. The number of ketones is 1. The molecule has 0 saturated heterocycles. The van der Waals surface area contributed by atoms with Crippen LogP contribution in [0.1, 0.15) is 42.3 Å². The summed E-state index contributed by atoms with van der Waals surface area (Å²) in [6.07, 6.45) is 0. The van der Waals surface area contributed by atoms with Gasteiger partial charge in [-0.2, -0.15) is 0 Å². The topological polar surface area (TPSA) is 32.7 Å². The predicted octanol–water partition coefficient (Wildman–Crippen LogP) is 4.43. The van der Waals surface area contributed by atoms with Gasteiger partial charge in [-0.1, -0.05) is 35.9 Å². The minimum Gasteiger partial charge on any atom is -0.352 e. The van der Waals surface area contributed by atoms with Crippen LogP contribution >= 0.6 is 11.6 Å². The second-order valence-corrected chi connectivity index (χ2v) is 6.87. The molecule has 2 aromatic rings. The number of nitrogens with zero attached hydrogens (tertiary/aromatic N) is 2. The van der Waals surface area contributed by atoms with Crippen molar-refractivity contribution in [3.63, 3.8) is 0 Å². The quantitative estimate of drug-likeness (QED) is 0.771. The maximum atomic E-state index is 13.0. The number of amidine groups is 1. The molecule has 1 aliphatic rings. The Morgan fingerprint density at radius 3 is 2.50 bits per heavy atom. The SMILES string of the molecule is CC1CN(C(C)C)C(c2ccccc2C(=O)c2ccc(Cl)cc2)=N1. The average Bonchev–Trinajstić information content (AvgIpc) is 2.97. The van der Waals surface area contributed by atoms with Crippen molar-refractivity contribution in [1.29, 1.82) is 0 Å². The second kappa shape index (κ2) is 6.78. The van der Waals surface area contributed by atoms with E-state index in [-0.39, 0.29) is 11.8 Å². The van der Waals surface area contributed by atoms with Crippen LogP contribution in [0, 0.1) is 0 Å². The van der Waals surface area contributed by atoms with E-state index in [1.807, 2.05) is 24.3 Å². The molecule has 1 atom stereocenters. The van der Waals surface area contributed by atoms with Gasteiger partial charge >= 0.3 is 0 Å². The summed E-state index contributed by atoms with van der Waals surface area (Å²) in [5.41, 5.74) is 2.21. The molecule has 3 rings (SSSR count). The van der Waals surface area contributed by atoms with Gasteiger partial charge in [-0.3, -0.25) is 9.79 Å². The summed E-state index contributed by atoms with van der Waals surface area (Å²) in [5, 5.41) is 0.625. The Labute approximate surface area is 148 Å². The number of hydrogen-bond acceptors (Lipinski definition) is 3. The van der Waals surface area contributed by atoms with Crippen molar-refractivity contribution in [1.82, 2.24) is 4.90 Å². The highest BCUT2D eigenvalue weighted by atomic mass is 35.5. The molecule has 0 bridgehead atoms. The fourth-order valence-electron chi connectivity index (χ4n) is 3.01. The number of benzene rings is 2. The zero-order valence-corrected chi connectivity index (χ0v) is 14.9. The van der Waals surface area contributed by atoms with Gasteiger partial charge in [0.2, 0.25) is 0 Å². The van der Waals surface area contributed by atoms with Crippen molar-refractivity contribution < 1.29 is 4.79 Å². The van der Waals surface area contributed by atoms with Crippen molar-refractivity contribution in [3.8, 4) is 0 Å². The van der Waals surface area contributed by atoms with Gasteiger partial charge in [0, 0.05) is 34.3 Å². The lowest BCUT2D eigenvalue weighted by Crippen LogP contribution is -2.36. The molecule has 1 heterocycles. The molecule has 0 spiro atoms. The maximum absolute atomic E-state index is 13.0. The summed E-state index contributed by atoms with van der Waals surface area (Å²) < 4.78 is 0. The molecule has 0 amide bonds. The van der Waals surface area contributed by atoms with Crippen LogP contribution in [0.15, 0.2) is 53.5 Å². The van der Waals surface area contributed by atoms with Crippen LogP contribution in [0.25, 0.3) is 0 Å². The minimum absolute atomic E-state index is 0.00627. The van der Waals surface area contributed by atoms with E-state index in [4.69, 9.17) is 16.6 Å². The summed E-state index contributed by atoms with van der Waals surface area (Å²) >= 11 is 5.93. The lowest BCUT2D eigenvalue weighted by Gasteiger charge is -2.26. The van der Waals surface area contributed by atoms with Crippen molar-refractivity contribution in [2.45, 2.75) is 32.9 Å². The van der Waals surface area contributed by atoms with E-state index < -0.39 is 0 Å². The smallest absolute Gasteiger partial charge is 0.193 e. The fourth-order valence-corrected chi connectivity index (χ4v) is 3.13. The molecule has 24 heavy (non-hydrogen) atoms. The van der Waals surface area contributed by atoms with E-state index in [0.717, 1.165) is 17.9 Å². The van der Waals surface area contributed by atoms with Gasteiger partial charge < -0.3 is 4.90 Å². The number of carbonyl (C=O) groups is 1. The highest BCUT2D eigenvalue weighted by Gasteiger charge is 2.28. The summed E-state index contributed by atoms with van der Waals surface area (Å²) in [7, 11) is 0. The summed E-state index contributed by atoms with van der Waals surface area (Å²) in [5.74, 6) is 0.906. The van der Waals surface area contributed by atoms with E-state index in [0.29, 0.717) is 22.2 Å². The largest absolute Gasteiger partial charge is 0.352 e. The first kappa shape index (κ1) is 16.7. The van der Waals surface area contributed by atoms with Crippen LogP contribution < -0.4 is 0 Å². The monoisotopic (exact) mass is 340 g/mol. The molecule has 4 heteroatoms. The third-order valence-electron chi connectivity index (χ3n) is 4.22. The molecule has 0 radical (unpaired) electrons. The Morgan fingerprint density at radius 2 is 1.83 bits per heavy atom. The lowest BCUT2D eigenvalue weighted by atomic mass is 9.97. The van der Waals surface area contributed by atoms with Crippen LogP contribution in [0.5, 0.6) is 0 Å². The Bertz CT molecular complexity index is 780. The Morgan fingerprint density at radius 1 is 1.17 bits per heavy atom. The molecular weight excluding hydrogens is 320 g/mol. The van der Waals surface area contributed by atoms with Gasteiger partial charge in [-0.05, 0) is 45.0 Å². The molecule has 2 aromatic carbocycles. The van der Waals surface area contributed by atoms with E-state index >= 15 is 0 Å². The first-order valence-electron chi connectivity index (χ1n) is 8.21. The molecule has 0 N–H and O–H groups in total. The molecule has 124 valence electrons. The van der Waals surface area contributed by atoms with Crippen molar-refractivity contribution in [3.05, 3.63) is 70.2 Å². The summed E-state index contributed by atoms with van der Waals surface area (Å²) in [6.45, 7) is 7.29. The van der Waals surface area contributed by atoms with Crippen LogP contribution in [-0.2, 0) is 0 Å². The number of halogens is 1. The van der Waals surface area contributed by atoms with Gasteiger partial charge in [-0.25, -0.2) is 0 Å². The maximum Gasteiger partial charge on any atom is 0.193 e. The Balaban J connectivity index is 2.04. The zero-order valence-electron chi connectivity index (χ0n) is 14.2. The van der Waals surface area contributed by atoms with Crippen LogP contribution in [-0.4, -0.2) is 35.1 Å². The highest BCUT2D eigenvalue weighted by molar-refractivity contribution is 6.30. The molecule has 0 fully saturated rings. The first-order chi connectivity index (χ1) is 11.5. The van der Waals surface area contributed by atoms with Crippen LogP contribution in [0.4, 0.5) is 0 Å².